The molecule has 0 bridgehead atoms. The number of nitrogens with one attached hydrogen (secondary N) is 1. The van der Waals surface area contributed by atoms with Gasteiger partial charge in [0.1, 0.15) is 0 Å². The molecular weight excluding hydrogens is 286 g/mol. The lowest BCUT2D eigenvalue weighted by atomic mass is 10.0. The van der Waals surface area contributed by atoms with Gasteiger partial charge in [-0.2, -0.15) is 0 Å². The van der Waals surface area contributed by atoms with E-state index >= 15 is 0 Å². The Labute approximate surface area is 129 Å². The molecule has 1 aromatic heterocycles. The SMILES string of the molecule is Cc1cnc(Cl)c(NC(=O)CCC(N)c2ccccc2)c1. The first-order chi connectivity index (χ1) is 10.1. The molecule has 110 valence electrons. The fraction of sp³-hybridized carbons (Fsp3) is 0.250. The number of pyridine rings is 1. The van der Waals surface area contributed by atoms with Crippen molar-refractivity contribution in [3.05, 3.63) is 58.9 Å². The van der Waals surface area contributed by atoms with Crippen molar-refractivity contribution in [3.8, 4) is 0 Å². The molecule has 0 aliphatic carbocycles. The molecule has 3 N–H and O–H groups in total. The number of aromatic nitrogens is 1. The van der Waals surface area contributed by atoms with Gasteiger partial charge in [0, 0.05) is 18.7 Å². The predicted octanol–water partition coefficient (Wildman–Crippen LogP) is 3.46. The monoisotopic (exact) mass is 303 g/mol. The molecule has 0 spiro atoms. The molecule has 21 heavy (non-hydrogen) atoms. The van der Waals surface area contributed by atoms with Crippen LogP contribution >= 0.6 is 11.6 Å². The topological polar surface area (TPSA) is 68.0 Å². The predicted molar refractivity (Wildman–Crippen MR) is 85.2 cm³/mol. The van der Waals surface area contributed by atoms with Crippen LogP contribution in [0.4, 0.5) is 5.69 Å². The summed E-state index contributed by atoms with van der Waals surface area (Å²) in [7, 11) is 0. The maximum absolute atomic E-state index is 12.0. The number of carbonyl (C=O) groups is 1. The Balaban J connectivity index is 1.89. The Morgan fingerprint density at radius 3 is 2.81 bits per heavy atom. The van der Waals surface area contributed by atoms with E-state index in [1.54, 1.807) is 12.3 Å². The van der Waals surface area contributed by atoms with Gasteiger partial charge in [-0.25, -0.2) is 4.98 Å². The number of rotatable bonds is 5. The first-order valence-corrected chi connectivity index (χ1v) is 7.16. The van der Waals surface area contributed by atoms with Crippen LogP contribution in [0.5, 0.6) is 0 Å². The fourth-order valence-corrected chi connectivity index (χ4v) is 2.16. The van der Waals surface area contributed by atoms with Crippen LogP contribution in [0.15, 0.2) is 42.6 Å². The van der Waals surface area contributed by atoms with E-state index in [9.17, 15) is 4.79 Å². The van der Waals surface area contributed by atoms with Crippen LogP contribution in [0.2, 0.25) is 5.15 Å². The molecule has 0 radical (unpaired) electrons. The molecule has 0 saturated heterocycles. The van der Waals surface area contributed by atoms with Gasteiger partial charge >= 0.3 is 0 Å². The summed E-state index contributed by atoms with van der Waals surface area (Å²) in [5.41, 5.74) is 8.58. The number of nitrogens with two attached hydrogens (primary N) is 1. The van der Waals surface area contributed by atoms with Crippen LogP contribution in [-0.4, -0.2) is 10.9 Å². The lowest BCUT2D eigenvalue weighted by Crippen LogP contribution is -2.17. The number of nitrogens with zero attached hydrogens (tertiary/aromatic N) is 1. The highest BCUT2D eigenvalue weighted by Crippen LogP contribution is 2.21. The fourth-order valence-electron chi connectivity index (χ4n) is 2.01. The summed E-state index contributed by atoms with van der Waals surface area (Å²) in [5, 5.41) is 3.06. The molecule has 1 amide bonds. The highest BCUT2D eigenvalue weighted by Gasteiger charge is 2.11. The molecule has 2 rings (SSSR count). The summed E-state index contributed by atoms with van der Waals surface area (Å²) in [6.07, 6.45) is 2.57. The second kappa shape index (κ2) is 7.20. The molecule has 1 unspecified atom stereocenters. The number of amides is 1. The van der Waals surface area contributed by atoms with Gasteiger partial charge in [0.2, 0.25) is 5.91 Å². The summed E-state index contributed by atoms with van der Waals surface area (Å²) in [6.45, 7) is 1.89. The van der Waals surface area contributed by atoms with E-state index in [1.807, 2.05) is 37.3 Å². The highest BCUT2D eigenvalue weighted by atomic mass is 35.5. The van der Waals surface area contributed by atoms with Gasteiger partial charge in [-0.15, -0.1) is 0 Å². The van der Waals surface area contributed by atoms with Gasteiger partial charge in [0.05, 0.1) is 5.69 Å². The maximum Gasteiger partial charge on any atom is 0.224 e. The van der Waals surface area contributed by atoms with Gasteiger partial charge in [-0.1, -0.05) is 41.9 Å². The molecule has 2 aromatic rings. The Kier molecular flexibility index (Phi) is 5.31. The molecule has 4 nitrogen and oxygen atoms in total. The van der Waals surface area contributed by atoms with E-state index in [1.165, 1.54) is 0 Å². The first kappa shape index (κ1) is 15.5. The number of carbonyl (C=O) groups excluding carboxylic acids is 1. The quantitative estimate of drug-likeness (QED) is 0.831. The lowest BCUT2D eigenvalue weighted by Gasteiger charge is -2.12. The summed E-state index contributed by atoms with van der Waals surface area (Å²) < 4.78 is 0. The van der Waals surface area contributed by atoms with Gasteiger partial charge < -0.3 is 11.1 Å². The lowest BCUT2D eigenvalue weighted by molar-refractivity contribution is -0.116. The average Bonchev–Trinajstić information content (AvgIpc) is 2.49. The summed E-state index contributed by atoms with van der Waals surface area (Å²) in [4.78, 5) is 16.0. The minimum absolute atomic E-state index is 0.115. The van der Waals surface area contributed by atoms with Crippen molar-refractivity contribution >= 4 is 23.2 Å². The summed E-state index contributed by atoms with van der Waals surface area (Å²) >= 11 is 5.95. The zero-order valence-corrected chi connectivity index (χ0v) is 12.6. The van der Waals surface area contributed by atoms with Crippen molar-refractivity contribution in [1.82, 2.24) is 4.98 Å². The van der Waals surface area contributed by atoms with E-state index in [0.29, 0.717) is 23.7 Å². The van der Waals surface area contributed by atoms with Gasteiger partial charge in [-0.05, 0) is 30.5 Å². The van der Waals surface area contributed by atoms with Crippen molar-refractivity contribution in [1.29, 1.82) is 0 Å². The smallest absolute Gasteiger partial charge is 0.224 e. The van der Waals surface area contributed by atoms with Crippen LogP contribution in [0.3, 0.4) is 0 Å². The van der Waals surface area contributed by atoms with Crippen LogP contribution in [0.1, 0.15) is 30.0 Å². The normalized spacial score (nSPS) is 12.0. The highest BCUT2D eigenvalue weighted by molar-refractivity contribution is 6.32. The number of benzene rings is 1. The average molecular weight is 304 g/mol. The van der Waals surface area contributed by atoms with Gasteiger partial charge in [0.25, 0.3) is 0 Å². The Bertz CT molecular complexity index is 616. The zero-order valence-electron chi connectivity index (χ0n) is 11.8. The van der Waals surface area contributed by atoms with Gasteiger partial charge in [0.15, 0.2) is 5.15 Å². The van der Waals surface area contributed by atoms with Gasteiger partial charge in [-0.3, -0.25) is 4.79 Å². The molecule has 0 aliphatic heterocycles. The van der Waals surface area contributed by atoms with Crippen molar-refractivity contribution in [2.24, 2.45) is 5.73 Å². The number of halogens is 1. The van der Waals surface area contributed by atoms with E-state index in [2.05, 4.69) is 10.3 Å². The third-order valence-electron chi connectivity index (χ3n) is 3.16. The van der Waals surface area contributed by atoms with E-state index < -0.39 is 0 Å². The molecule has 0 aliphatic rings. The maximum atomic E-state index is 12.0. The van der Waals surface area contributed by atoms with Crippen molar-refractivity contribution in [2.75, 3.05) is 5.32 Å². The Morgan fingerprint density at radius 1 is 1.38 bits per heavy atom. The van der Waals surface area contributed by atoms with Crippen LogP contribution in [-0.2, 0) is 4.79 Å². The Morgan fingerprint density at radius 2 is 2.10 bits per heavy atom. The largest absolute Gasteiger partial charge is 0.324 e. The number of hydrogen-bond acceptors (Lipinski definition) is 3. The number of hydrogen-bond donors (Lipinski definition) is 2. The summed E-state index contributed by atoms with van der Waals surface area (Å²) in [6, 6.07) is 11.4. The molecular formula is C16H18ClN3O. The zero-order chi connectivity index (χ0) is 15.2. The standard InChI is InChI=1S/C16H18ClN3O/c1-11-9-14(16(17)19-10-11)20-15(21)8-7-13(18)12-5-3-2-4-6-12/h2-6,9-10,13H,7-8,18H2,1H3,(H,20,21). The molecule has 5 heteroatoms. The second-order valence-corrected chi connectivity index (χ2v) is 5.31. The Hall–Kier alpha value is -1.91. The second-order valence-electron chi connectivity index (χ2n) is 4.96. The number of aryl methyl sites for hydroxylation is 1. The summed E-state index contributed by atoms with van der Waals surface area (Å²) in [5.74, 6) is -0.115. The van der Waals surface area contributed by atoms with Crippen LogP contribution in [0.25, 0.3) is 0 Å². The van der Waals surface area contributed by atoms with Crippen molar-refractivity contribution in [3.63, 3.8) is 0 Å². The van der Waals surface area contributed by atoms with Crippen LogP contribution < -0.4 is 11.1 Å². The molecule has 1 aromatic carbocycles. The van der Waals surface area contributed by atoms with E-state index in [-0.39, 0.29) is 11.9 Å². The molecule has 0 fully saturated rings. The van der Waals surface area contributed by atoms with Crippen molar-refractivity contribution < 1.29 is 4.79 Å². The van der Waals surface area contributed by atoms with Crippen molar-refractivity contribution in [2.45, 2.75) is 25.8 Å². The molecule has 1 atom stereocenters. The minimum Gasteiger partial charge on any atom is -0.324 e. The number of anilines is 1. The minimum atomic E-state index is -0.150. The van der Waals surface area contributed by atoms with Crippen LogP contribution in [0, 0.1) is 6.92 Å². The third kappa shape index (κ3) is 4.55. The third-order valence-corrected chi connectivity index (χ3v) is 3.46. The molecule has 1 heterocycles. The van der Waals surface area contributed by atoms with E-state index in [0.717, 1.165) is 11.1 Å². The molecule has 0 saturated carbocycles. The first-order valence-electron chi connectivity index (χ1n) is 6.79. The van der Waals surface area contributed by atoms with E-state index in [4.69, 9.17) is 17.3 Å².